The Balaban J connectivity index is 1.63. The lowest BCUT2D eigenvalue weighted by molar-refractivity contribution is 0.576. The van der Waals surface area contributed by atoms with E-state index in [9.17, 15) is 0 Å². The molecule has 162 valence electrons. The Kier molecular flexibility index (Phi) is 6.08. The Morgan fingerprint density at radius 1 is 1.03 bits per heavy atom. The van der Waals surface area contributed by atoms with Crippen LogP contribution in [0.1, 0.15) is 67.6 Å². The number of hydrogen-bond acceptors (Lipinski definition) is 5. The summed E-state index contributed by atoms with van der Waals surface area (Å²) in [6, 6.07) is 17.6. The molecular formula is C26H33N5. The Hall–Kier alpha value is -2.76. The molecule has 1 unspecified atom stereocenters. The van der Waals surface area contributed by atoms with Crippen molar-refractivity contribution >= 4 is 11.6 Å². The highest BCUT2D eigenvalue weighted by Gasteiger charge is 2.28. The molecule has 2 aromatic carbocycles. The maximum atomic E-state index is 5.70. The van der Waals surface area contributed by atoms with E-state index in [1.165, 1.54) is 24.0 Å². The second-order valence-electron chi connectivity index (χ2n) is 9.53. The van der Waals surface area contributed by atoms with Gasteiger partial charge in [-0.25, -0.2) is 9.97 Å². The summed E-state index contributed by atoms with van der Waals surface area (Å²) in [4.78, 5) is 9.45. The molecule has 0 radical (unpaired) electrons. The van der Waals surface area contributed by atoms with Crippen LogP contribution in [0.25, 0.3) is 0 Å². The van der Waals surface area contributed by atoms with Crippen molar-refractivity contribution < 1.29 is 0 Å². The smallest absolute Gasteiger partial charge is 0.227 e. The van der Waals surface area contributed by atoms with Crippen LogP contribution in [0.4, 0.5) is 11.6 Å². The highest BCUT2D eigenvalue weighted by Crippen LogP contribution is 2.31. The molecule has 0 saturated heterocycles. The average Bonchev–Trinajstić information content (AvgIpc) is 3.58. The first kappa shape index (κ1) is 21.5. The predicted octanol–water partition coefficient (Wildman–Crippen LogP) is 5.13. The summed E-state index contributed by atoms with van der Waals surface area (Å²) in [5.74, 6) is 0.606. The van der Waals surface area contributed by atoms with Crippen molar-refractivity contribution in [2.24, 2.45) is 5.73 Å². The summed E-state index contributed by atoms with van der Waals surface area (Å²) in [5.41, 5.74) is 12.6. The lowest BCUT2D eigenvalue weighted by Gasteiger charge is -2.23. The van der Waals surface area contributed by atoms with Gasteiger partial charge in [0, 0.05) is 24.5 Å². The van der Waals surface area contributed by atoms with E-state index in [0.717, 1.165) is 22.5 Å². The van der Waals surface area contributed by atoms with Gasteiger partial charge in [-0.3, -0.25) is 0 Å². The van der Waals surface area contributed by atoms with Gasteiger partial charge < -0.3 is 16.4 Å². The Labute approximate surface area is 185 Å². The van der Waals surface area contributed by atoms with Crippen LogP contribution in [0.2, 0.25) is 0 Å². The van der Waals surface area contributed by atoms with E-state index < -0.39 is 0 Å². The molecule has 0 spiro atoms. The van der Waals surface area contributed by atoms with Crippen LogP contribution in [-0.4, -0.2) is 16.0 Å². The topological polar surface area (TPSA) is 75.9 Å². The quantitative estimate of drug-likeness (QED) is 0.499. The van der Waals surface area contributed by atoms with Gasteiger partial charge in [0.05, 0.1) is 11.7 Å². The SMILES string of the molecule is Cc1cnc(Nc2ccc(CN)cc2)nc1C(NC1CC1)c1ccc(C(C)(C)C)cc1. The maximum Gasteiger partial charge on any atom is 0.227 e. The van der Waals surface area contributed by atoms with Crippen molar-refractivity contribution in [2.45, 2.75) is 64.6 Å². The molecule has 1 heterocycles. The number of nitrogens with one attached hydrogen (secondary N) is 2. The molecule has 1 aliphatic carbocycles. The molecule has 0 amide bonds. The van der Waals surface area contributed by atoms with Crippen LogP contribution in [0, 0.1) is 6.92 Å². The van der Waals surface area contributed by atoms with Crippen molar-refractivity contribution in [1.82, 2.24) is 15.3 Å². The molecule has 0 bridgehead atoms. The third kappa shape index (κ3) is 5.30. The van der Waals surface area contributed by atoms with Crippen molar-refractivity contribution in [3.8, 4) is 0 Å². The van der Waals surface area contributed by atoms with Crippen LogP contribution in [0.15, 0.2) is 54.7 Å². The van der Waals surface area contributed by atoms with Crippen molar-refractivity contribution in [1.29, 1.82) is 0 Å². The van der Waals surface area contributed by atoms with Crippen molar-refractivity contribution in [3.05, 3.63) is 82.7 Å². The summed E-state index contributed by atoms with van der Waals surface area (Å²) in [6.07, 6.45) is 4.35. The van der Waals surface area contributed by atoms with E-state index in [0.29, 0.717) is 18.5 Å². The molecule has 4 rings (SSSR count). The van der Waals surface area contributed by atoms with Crippen LogP contribution in [0.3, 0.4) is 0 Å². The van der Waals surface area contributed by atoms with Gasteiger partial charge in [-0.1, -0.05) is 57.2 Å². The minimum Gasteiger partial charge on any atom is -0.326 e. The molecule has 5 nitrogen and oxygen atoms in total. The number of hydrogen-bond donors (Lipinski definition) is 3. The first-order valence-corrected chi connectivity index (χ1v) is 11.1. The standard InChI is InChI=1S/C26H33N5/c1-17-16-28-25(30-22-11-5-18(15-27)6-12-22)31-23(17)24(29-21-13-14-21)19-7-9-20(10-8-19)26(2,3)4/h5-12,16,21,24,29H,13-15,27H2,1-4H3,(H,28,30,31). The molecule has 4 N–H and O–H groups in total. The van der Waals surface area contributed by atoms with Gasteiger partial charge in [0.2, 0.25) is 5.95 Å². The summed E-state index contributed by atoms with van der Waals surface area (Å²) in [6.45, 7) is 9.35. The van der Waals surface area contributed by atoms with Gasteiger partial charge in [-0.15, -0.1) is 0 Å². The number of nitrogens with two attached hydrogens (primary N) is 1. The van der Waals surface area contributed by atoms with Crippen LogP contribution in [0.5, 0.6) is 0 Å². The summed E-state index contributed by atoms with van der Waals surface area (Å²) in [5, 5.41) is 7.13. The number of aryl methyl sites for hydroxylation is 1. The molecule has 1 saturated carbocycles. The van der Waals surface area contributed by atoms with E-state index in [4.69, 9.17) is 10.7 Å². The second kappa shape index (κ2) is 8.77. The zero-order valence-corrected chi connectivity index (χ0v) is 18.9. The normalized spacial score (nSPS) is 15.0. The molecular weight excluding hydrogens is 382 g/mol. The first-order valence-electron chi connectivity index (χ1n) is 11.1. The lowest BCUT2D eigenvalue weighted by Crippen LogP contribution is -2.26. The van der Waals surface area contributed by atoms with Gasteiger partial charge in [-0.05, 0) is 59.6 Å². The Bertz CT molecular complexity index is 1020. The van der Waals surface area contributed by atoms with Crippen molar-refractivity contribution in [2.75, 3.05) is 5.32 Å². The largest absolute Gasteiger partial charge is 0.326 e. The van der Waals surface area contributed by atoms with Crippen LogP contribution < -0.4 is 16.4 Å². The lowest BCUT2D eigenvalue weighted by atomic mass is 9.86. The van der Waals surface area contributed by atoms with E-state index in [1.54, 1.807) is 0 Å². The molecule has 3 aromatic rings. The van der Waals surface area contributed by atoms with E-state index in [2.05, 4.69) is 67.6 Å². The Morgan fingerprint density at radius 3 is 2.29 bits per heavy atom. The fourth-order valence-corrected chi connectivity index (χ4v) is 3.66. The molecule has 0 aliphatic heterocycles. The van der Waals surface area contributed by atoms with Crippen molar-refractivity contribution in [3.63, 3.8) is 0 Å². The van der Waals surface area contributed by atoms with E-state index >= 15 is 0 Å². The predicted molar refractivity (Wildman–Crippen MR) is 128 cm³/mol. The maximum absolute atomic E-state index is 5.70. The minimum atomic E-state index is 0.0460. The number of nitrogens with zero attached hydrogens (tertiary/aromatic N) is 2. The van der Waals surface area contributed by atoms with Crippen LogP contribution in [-0.2, 0) is 12.0 Å². The highest BCUT2D eigenvalue weighted by atomic mass is 15.1. The fourth-order valence-electron chi connectivity index (χ4n) is 3.66. The zero-order valence-electron chi connectivity index (χ0n) is 18.9. The van der Waals surface area contributed by atoms with Gasteiger partial charge in [-0.2, -0.15) is 0 Å². The number of rotatable bonds is 7. The number of aromatic nitrogens is 2. The van der Waals surface area contributed by atoms with Gasteiger partial charge in [0.15, 0.2) is 0 Å². The van der Waals surface area contributed by atoms with Gasteiger partial charge in [0.1, 0.15) is 0 Å². The molecule has 31 heavy (non-hydrogen) atoms. The summed E-state index contributed by atoms with van der Waals surface area (Å²) in [7, 11) is 0. The average molecular weight is 416 g/mol. The first-order chi connectivity index (χ1) is 14.8. The Morgan fingerprint density at radius 2 is 1.71 bits per heavy atom. The molecule has 1 aromatic heterocycles. The molecule has 1 atom stereocenters. The van der Waals surface area contributed by atoms with Crippen LogP contribution >= 0.6 is 0 Å². The molecule has 1 aliphatic rings. The third-order valence-corrected chi connectivity index (χ3v) is 5.82. The van der Waals surface area contributed by atoms with Gasteiger partial charge >= 0.3 is 0 Å². The fraction of sp³-hybridized carbons (Fsp3) is 0.385. The second-order valence-corrected chi connectivity index (χ2v) is 9.53. The monoisotopic (exact) mass is 415 g/mol. The van der Waals surface area contributed by atoms with E-state index in [-0.39, 0.29) is 11.5 Å². The third-order valence-electron chi connectivity index (χ3n) is 5.82. The minimum absolute atomic E-state index is 0.0460. The zero-order chi connectivity index (χ0) is 22.0. The number of benzene rings is 2. The van der Waals surface area contributed by atoms with Gasteiger partial charge in [0.25, 0.3) is 0 Å². The highest BCUT2D eigenvalue weighted by molar-refractivity contribution is 5.54. The molecule has 5 heteroatoms. The van der Waals surface area contributed by atoms with E-state index in [1.807, 2.05) is 30.5 Å². The summed E-state index contributed by atoms with van der Waals surface area (Å²) >= 11 is 0. The number of anilines is 2. The molecule has 1 fully saturated rings. The summed E-state index contributed by atoms with van der Waals surface area (Å²) < 4.78 is 0.